The smallest absolute Gasteiger partial charge is 0.254 e. The second-order valence-electron chi connectivity index (χ2n) is 6.97. The van der Waals surface area contributed by atoms with Crippen LogP contribution in [0.5, 0.6) is 0 Å². The van der Waals surface area contributed by atoms with Crippen LogP contribution in [0.25, 0.3) is 0 Å². The van der Waals surface area contributed by atoms with Gasteiger partial charge in [0.05, 0.1) is 0 Å². The van der Waals surface area contributed by atoms with E-state index in [-0.39, 0.29) is 11.3 Å². The number of nitrogens with one attached hydrogen (secondary N) is 1. The maximum Gasteiger partial charge on any atom is 0.254 e. The third-order valence-electron chi connectivity index (χ3n) is 4.20. The van der Waals surface area contributed by atoms with Gasteiger partial charge in [-0.1, -0.05) is 39.8 Å². The van der Waals surface area contributed by atoms with Crippen LogP contribution in [0.3, 0.4) is 0 Å². The van der Waals surface area contributed by atoms with Gasteiger partial charge in [0.25, 0.3) is 5.91 Å². The molecule has 0 bridgehead atoms. The molecule has 1 aromatic rings. The zero-order chi connectivity index (χ0) is 15.5. The van der Waals surface area contributed by atoms with Crippen LogP contribution in [0.4, 0.5) is 0 Å². The van der Waals surface area contributed by atoms with E-state index in [0.29, 0.717) is 6.04 Å². The highest BCUT2D eigenvalue weighted by molar-refractivity contribution is 5.94. The Hall–Kier alpha value is -1.35. The minimum absolute atomic E-state index is 0.125. The largest absolute Gasteiger partial charge is 0.334 e. The van der Waals surface area contributed by atoms with E-state index in [2.05, 4.69) is 45.1 Å². The fourth-order valence-electron chi connectivity index (χ4n) is 2.87. The molecule has 21 heavy (non-hydrogen) atoms. The number of nitrogens with zero attached hydrogens (tertiary/aromatic N) is 1. The lowest BCUT2D eigenvalue weighted by Gasteiger charge is -2.28. The molecule has 1 N–H and O–H groups in total. The summed E-state index contributed by atoms with van der Waals surface area (Å²) in [5.74, 6) is 0.172. The van der Waals surface area contributed by atoms with E-state index in [9.17, 15) is 4.79 Å². The number of carbonyl (C=O) groups excluding carboxylic acids is 1. The van der Waals surface area contributed by atoms with Crippen molar-refractivity contribution in [2.24, 2.45) is 0 Å². The lowest BCUT2D eigenvalue weighted by atomic mass is 9.86. The fraction of sp³-hybridized carbons (Fsp3) is 0.611. The van der Waals surface area contributed by atoms with E-state index in [1.807, 2.05) is 17.0 Å². The molecule has 1 saturated heterocycles. The summed E-state index contributed by atoms with van der Waals surface area (Å²) in [4.78, 5) is 14.8. The third kappa shape index (κ3) is 3.85. The minimum atomic E-state index is 0.125. The van der Waals surface area contributed by atoms with E-state index in [1.165, 1.54) is 5.56 Å². The Morgan fingerprint density at radius 2 is 1.95 bits per heavy atom. The molecule has 2 rings (SSSR count). The molecular weight excluding hydrogens is 260 g/mol. The molecular formula is C18H28N2O. The standard InChI is InChI=1S/C18H28N2O/c1-5-12-20(16-10-11-19-13-16)17(21)14-6-8-15(9-7-14)18(2,3)4/h6-9,16,19H,5,10-13H2,1-4H3. The van der Waals surface area contributed by atoms with Gasteiger partial charge in [-0.05, 0) is 42.5 Å². The molecule has 1 aliphatic rings. The minimum Gasteiger partial charge on any atom is -0.334 e. The molecule has 3 nitrogen and oxygen atoms in total. The van der Waals surface area contributed by atoms with Crippen molar-refractivity contribution in [3.8, 4) is 0 Å². The average Bonchev–Trinajstić information content (AvgIpc) is 2.97. The molecule has 1 unspecified atom stereocenters. The van der Waals surface area contributed by atoms with Gasteiger partial charge in [-0.25, -0.2) is 0 Å². The Balaban J connectivity index is 2.16. The van der Waals surface area contributed by atoms with Crippen molar-refractivity contribution < 1.29 is 4.79 Å². The number of benzene rings is 1. The summed E-state index contributed by atoms with van der Waals surface area (Å²) in [6.45, 7) is 11.5. The summed E-state index contributed by atoms with van der Waals surface area (Å²) in [6, 6.07) is 8.48. The maximum atomic E-state index is 12.8. The van der Waals surface area contributed by atoms with Crippen LogP contribution >= 0.6 is 0 Å². The van der Waals surface area contributed by atoms with Crippen LogP contribution < -0.4 is 5.32 Å². The van der Waals surface area contributed by atoms with Crippen LogP contribution in [-0.2, 0) is 5.41 Å². The first kappa shape index (κ1) is 16.0. The van der Waals surface area contributed by atoms with Crippen LogP contribution in [-0.4, -0.2) is 36.5 Å². The Bertz CT molecular complexity index is 467. The zero-order valence-corrected chi connectivity index (χ0v) is 13.8. The van der Waals surface area contributed by atoms with Crippen molar-refractivity contribution in [1.82, 2.24) is 10.2 Å². The Morgan fingerprint density at radius 1 is 1.29 bits per heavy atom. The predicted molar refractivity (Wildman–Crippen MR) is 87.7 cm³/mol. The van der Waals surface area contributed by atoms with Crippen LogP contribution in [0.1, 0.15) is 56.5 Å². The van der Waals surface area contributed by atoms with Crippen molar-refractivity contribution >= 4 is 5.91 Å². The molecule has 3 heteroatoms. The van der Waals surface area contributed by atoms with Crippen LogP contribution in [0.15, 0.2) is 24.3 Å². The first-order valence-corrected chi connectivity index (χ1v) is 8.05. The van der Waals surface area contributed by atoms with E-state index in [4.69, 9.17) is 0 Å². The molecule has 0 saturated carbocycles. The first-order chi connectivity index (χ1) is 9.93. The molecule has 0 aliphatic carbocycles. The molecule has 1 atom stereocenters. The fourth-order valence-corrected chi connectivity index (χ4v) is 2.87. The number of hydrogen-bond acceptors (Lipinski definition) is 2. The molecule has 1 heterocycles. The second-order valence-corrected chi connectivity index (χ2v) is 6.97. The van der Waals surface area contributed by atoms with Gasteiger partial charge in [0.2, 0.25) is 0 Å². The van der Waals surface area contributed by atoms with E-state index in [1.54, 1.807) is 0 Å². The van der Waals surface area contributed by atoms with E-state index < -0.39 is 0 Å². The van der Waals surface area contributed by atoms with E-state index in [0.717, 1.165) is 38.0 Å². The predicted octanol–water partition coefficient (Wildman–Crippen LogP) is 3.20. The number of amides is 1. The van der Waals surface area contributed by atoms with Gasteiger partial charge in [0, 0.05) is 24.7 Å². The molecule has 1 amide bonds. The maximum absolute atomic E-state index is 12.8. The molecule has 1 aliphatic heterocycles. The number of rotatable bonds is 4. The van der Waals surface area contributed by atoms with Crippen molar-refractivity contribution in [2.45, 2.75) is 52.0 Å². The molecule has 0 aromatic heterocycles. The van der Waals surface area contributed by atoms with Crippen LogP contribution in [0.2, 0.25) is 0 Å². The monoisotopic (exact) mass is 288 g/mol. The summed E-state index contributed by atoms with van der Waals surface area (Å²) in [5.41, 5.74) is 2.20. The number of carbonyl (C=O) groups is 1. The molecule has 0 spiro atoms. The van der Waals surface area contributed by atoms with Gasteiger partial charge < -0.3 is 10.2 Å². The summed E-state index contributed by atoms with van der Waals surface area (Å²) in [7, 11) is 0. The van der Waals surface area contributed by atoms with Crippen molar-refractivity contribution in [3.63, 3.8) is 0 Å². The van der Waals surface area contributed by atoms with Crippen molar-refractivity contribution in [3.05, 3.63) is 35.4 Å². The lowest BCUT2D eigenvalue weighted by Crippen LogP contribution is -2.42. The average molecular weight is 288 g/mol. The topological polar surface area (TPSA) is 32.3 Å². The van der Waals surface area contributed by atoms with Gasteiger partial charge in [0.1, 0.15) is 0 Å². The van der Waals surface area contributed by atoms with Gasteiger partial charge in [0.15, 0.2) is 0 Å². The lowest BCUT2D eigenvalue weighted by molar-refractivity contribution is 0.0692. The summed E-state index contributed by atoms with van der Waals surface area (Å²) >= 11 is 0. The van der Waals surface area contributed by atoms with Crippen LogP contribution in [0, 0.1) is 0 Å². The Kier molecular flexibility index (Phi) is 5.04. The van der Waals surface area contributed by atoms with Crippen molar-refractivity contribution in [1.29, 1.82) is 0 Å². The highest BCUT2D eigenvalue weighted by Crippen LogP contribution is 2.23. The zero-order valence-electron chi connectivity index (χ0n) is 13.8. The quantitative estimate of drug-likeness (QED) is 0.923. The summed E-state index contributed by atoms with van der Waals surface area (Å²) < 4.78 is 0. The molecule has 1 fully saturated rings. The first-order valence-electron chi connectivity index (χ1n) is 8.05. The summed E-state index contributed by atoms with van der Waals surface area (Å²) in [6.07, 6.45) is 2.06. The highest BCUT2D eigenvalue weighted by atomic mass is 16.2. The summed E-state index contributed by atoms with van der Waals surface area (Å²) in [5, 5.41) is 3.35. The SMILES string of the molecule is CCCN(C(=O)c1ccc(C(C)(C)C)cc1)C1CCNC1. The highest BCUT2D eigenvalue weighted by Gasteiger charge is 2.26. The Labute approximate surface area is 128 Å². The number of hydrogen-bond donors (Lipinski definition) is 1. The van der Waals surface area contributed by atoms with E-state index >= 15 is 0 Å². The molecule has 1 aromatic carbocycles. The third-order valence-corrected chi connectivity index (χ3v) is 4.20. The van der Waals surface area contributed by atoms with Crippen molar-refractivity contribution in [2.75, 3.05) is 19.6 Å². The normalized spacial score (nSPS) is 18.8. The molecule has 0 radical (unpaired) electrons. The van der Waals surface area contributed by atoms with Gasteiger partial charge in [-0.2, -0.15) is 0 Å². The molecule has 116 valence electrons. The van der Waals surface area contributed by atoms with Gasteiger partial charge in [-0.3, -0.25) is 4.79 Å². The van der Waals surface area contributed by atoms with Gasteiger partial charge in [-0.15, -0.1) is 0 Å². The second kappa shape index (κ2) is 6.61. The Morgan fingerprint density at radius 3 is 2.43 bits per heavy atom. The van der Waals surface area contributed by atoms with Gasteiger partial charge >= 0.3 is 0 Å².